The van der Waals surface area contributed by atoms with Crippen LogP contribution in [-0.2, 0) is 0 Å². The summed E-state index contributed by atoms with van der Waals surface area (Å²) in [6, 6.07) is 1.91. The summed E-state index contributed by atoms with van der Waals surface area (Å²) < 4.78 is 0. The number of nitrogens with one attached hydrogen (secondary N) is 2. The van der Waals surface area contributed by atoms with Gasteiger partial charge in [-0.15, -0.1) is 0 Å². The highest BCUT2D eigenvalue weighted by Gasteiger charge is 2.13. The van der Waals surface area contributed by atoms with Gasteiger partial charge in [-0.3, -0.25) is 9.78 Å². The number of carbonyl (C=O) groups excluding carboxylic acids is 1. The van der Waals surface area contributed by atoms with E-state index in [0.717, 1.165) is 31.6 Å². The number of nitrogens with zero attached hydrogens (tertiary/aromatic N) is 2. The molecule has 1 amide bonds. The Labute approximate surface area is 121 Å². The summed E-state index contributed by atoms with van der Waals surface area (Å²) >= 11 is 0. The normalized spacial score (nSPS) is 12.2. The molecule has 0 aliphatic rings. The highest BCUT2D eigenvalue weighted by Crippen LogP contribution is 2.13. The van der Waals surface area contributed by atoms with Crippen LogP contribution in [0.25, 0.3) is 0 Å². The monoisotopic (exact) mass is 278 g/mol. The van der Waals surface area contributed by atoms with Gasteiger partial charge in [0.25, 0.3) is 5.91 Å². The van der Waals surface area contributed by atoms with E-state index in [4.69, 9.17) is 0 Å². The maximum absolute atomic E-state index is 12.3. The number of carbonyl (C=O) groups is 1. The van der Waals surface area contributed by atoms with Gasteiger partial charge in [-0.2, -0.15) is 0 Å². The number of pyridine rings is 1. The lowest BCUT2D eigenvalue weighted by Gasteiger charge is -2.18. The Hall–Kier alpha value is -1.62. The zero-order valence-corrected chi connectivity index (χ0v) is 12.9. The molecule has 0 aromatic carbocycles. The third kappa shape index (κ3) is 5.57. The van der Waals surface area contributed by atoms with Gasteiger partial charge in [0.05, 0.1) is 17.4 Å². The van der Waals surface area contributed by atoms with Crippen LogP contribution < -0.4 is 10.6 Å². The molecule has 0 aliphatic heterocycles. The number of anilines is 1. The van der Waals surface area contributed by atoms with Crippen LogP contribution >= 0.6 is 0 Å². The molecule has 112 valence electrons. The minimum Gasteiger partial charge on any atom is -0.383 e. The zero-order chi connectivity index (χ0) is 15.0. The maximum atomic E-state index is 12.3. The molecule has 0 bridgehead atoms. The standard InChI is InChI=1S/C15H26N4O/c1-5-8-17-14-11-16-9-6-13(14)15(20)18-12(2)7-10-19(3)4/h6,9,11-12,17H,5,7-8,10H2,1-4H3,(H,18,20). The highest BCUT2D eigenvalue weighted by atomic mass is 16.1. The van der Waals surface area contributed by atoms with Crippen molar-refractivity contribution in [1.82, 2.24) is 15.2 Å². The Kier molecular flexibility index (Phi) is 7.01. The average molecular weight is 278 g/mol. The van der Waals surface area contributed by atoms with Crippen molar-refractivity contribution in [2.24, 2.45) is 0 Å². The molecule has 0 aliphatic carbocycles. The third-order valence-electron chi connectivity index (χ3n) is 3.02. The summed E-state index contributed by atoms with van der Waals surface area (Å²) in [7, 11) is 4.06. The maximum Gasteiger partial charge on any atom is 0.253 e. The van der Waals surface area contributed by atoms with Gasteiger partial charge in [0, 0.05) is 18.8 Å². The first-order chi connectivity index (χ1) is 9.54. The number of amides is 1. The van der Waals surface area contributed by atoms with Crippen LogP contribution in [0.1, 0.15) is 37.0 Å². The summed E-state index contributed by atoms with van der Waals surface area (Å²) in [6.45, 7) is 5.91. The molecule has 0 spiro atoms. The van der Waals surface area contributed by atoms with Crippen LogP contribution in [0.5, 0.6) is 0 Å². The molecule has 5 heteroatoms. The molecule has 2 N–H and O–H groups in total. The van der Waals surface area contributed by atoms with Crippen LogP contribution in [0.15, 0.2) is 18.5 Å². The molecule has 0 fully saturated rings. The fourth-order valence-electron chi connectivity index (χ4n) is 1.82. The molecule has 1 atom stereocenters. The second kappa shape index (κ2) is 8.53. The molecular weight excluding hydrogens is 252 g/mol. The predicted octanol–water partition coefficient (Wildman–Crippen LogP) is 1.97. The first kappa shape index (κ1) is 16.4. The van der Waals surface area contributed by atoms with Gasteiger partial charge < -0.3 is 15.5 Å². The van der Waals surface area contributed by atoms with E-state index in [0.29, 0.717) is 5.56 Å². The van der Waals surface area contributed by atoms with Gasteiger partial charge in [0.2, 0.25) is 0 Å². The average Bonchev–Trinajstić information content (AvgIpc) is 2.43. The molecule has 1 aromatic rings. The van der Waals surface area contributed by atoms with E-state index in [1.165, 1.54) is 0 Å². The molecule has 5 nitrogen and oxygen atoms in total. The van der Waals surface area contributed by atoms with E-state index < -0.39 is 0 Å². The first-order valence-electron chi connectivity index (χ1n) is 7.18. The van der Waals surface area contributed by atoms with Crippen molar-refractivity contribution in [3.8, 4) is 0 Å². The Bertz CT molecular complexity index is 420. The molecular formula is C15H26N4O. The summed E-state index contributed by atoms with van der Waals surface area (Å²) in [5, 5.41) is 6.27. The fourth-order valence-corrected chi connectivity index (χ4v) is 1.82. The zero-order valence-electron chi connectivity index (χ0n) is 12.9. The fraction of sp³-hybridized carbons (Fsp3) is 0.600. The topological polar surface area (TPSA) is 57.3 Å². The van der Waals surface area contributed by atoms with E-state index in [9.17, 15) is 4.79 Å². The lowest BCUT2D eigenvalue weighted by molar-refractivity contribution is 0.0937. The Morgan fingerprint density at radius 3 is 2.85 bits per heavy atom. The lowest BCUT2D eigenvalue weighted by Crippen LogP contribution is -2.35. The summed E-state index contributed by atoms with van der Waals surface area (Å²) in [6.07, 6.45) is 5.29. The van der Waals surface area contributed by atoms with Crippen LogP contribution in [0.3, 0.4) is 0 Å². The van der Waals surface area contributed by atoms with E-state index in [-0.39, 0.29) is 11.9 Å². The van der Waals surface area contributed by atoms with Crippen LogP contribution in [-0.4, -0.2) is 49.0 Å². The number of hydrogen-bond acceptors (Lipinski definition) is 4. The molecule has 1 unspecified atom stereocenters. The van der Waals surface area contributed by atoms with E-state index >= 15 is 0 Å². The van der Waals surface area contributed by atoms with Crippen molar-refractivity contribution >= 4 is 11.6 Å². The van der Waals surface area contributed by atoms with Gasteiger partial charge in [0.15, 0.2) is 0 Å². The smallest absolute Gasteiger partial charge is 0.253 e. The second-order valence-corrected chi connectivity index (χ2v) is 5.31. The molecule has 1 rings (SSSR count). The molecule has 1 heterocycles. The van der Waals surface area contributed by atoms with Crippen molar-refractivity contribution in [2.45, 2.75) is 32.7 Å². The quantitative estimate of drug-likeness (QED) is 0.763. The highest BCUT2D eigenvalue weighted by molar-refractivity contribution is 5.99. The molecule has 20 heavy (non-hydrogen) atoms. The van der Waals surface area contributed by atoms with Gasteiger partial charge in [0.1, 0.15) is 0 Å². The van der Waals surface area contributed by atoms with Gasteiger partial charge in [-0.1, -0.05) is 6.92 Å². The lowest BCUT2D eigenvalue weighted by atomic mass is 10.1. The Balaban J connectivity index is 2.62. The predicted molar refractivity (Wildman–Crippen MR) is 83.1 cm³/mol. The van der Waals surface area contributed by atoms with E-state index in [1.54, 1.807) is 18.5 Å². The van der Waals surface area contributed by atoms with E-state index in [2.05, 4.69) is 27.4 Å². The molecule has 0 saturated heterocycles. The van der Waals surface area contributed by atoms with Crippen molar-refractivity contribution in [2.75, 3.05) is 32.5 Å². The van der Waals surface area contributed by atoms with Crippen molar-refractivity contribution in [3.63, 3.8) is 0 Å². The van der Waals surface area contributed by atoms with Crippen LogP contribution in [0.4, 0.5) is 5.69 Å². The largest absolute Gasteiger partial charge is 0.383 e. The van der Waals surface area contributed by atoms with Crippen LogP contribution in [0.2, 0.25) is 0 Å². The number of hydrogen-bond donors (Lipinski definition) is 2. The molecule has 0 saturated carbocycles. The number of rotatable bonds is 8. The van der Waals surface area contributed by atoms with Gasteiger partial charge in [-0.05, 0) is 46.5 Å². The summed E-state index contributed by atoms with van der Waals surface area (Å²) in [5.74, 6) is -0.0442. The number of aromatic nitrogens is 1. The van der Waals surface area contributed by atoms with Crippen molar-refractivity contribution < 1.29 is 4.79 Å². The minimum absolute atomic E-state index is 0.0442. The SMILES string of the molecule is CCCNc1cnccc1C(=O)NC(C)CCN(C)C. The second-order valence-electron chi connectivity index (χ2n) is 5.31. The van der Waals surface area contributed by atoms with Crippen molar-refractivity contribution in [1.29, 1.82) is 0 Å². The Morgan fingerprint density at radius 2 is 2.20 bits per heavy atom. The third-order valence-corrected chi connectivity index (χ3v) is 3.02. The summed E-state index contributed by atoms with van der Waals surface area (Å²) in [5.41, 5.74) is 1.46. The van der Waals surface area contributed by atoms with Gasteiger partial charge >= 0.3 is 0 Å². The molecule has 1 aromatic heterocycles. The Morgan fingerprint density at radius 1 is 1.45 bits per heavy atom. The van der Waals surface area contributed by atoms with E-state index in [1.807, 2.05) is 21.0 Å². The van der Waals surface area contributed by atoms with Gasteiger partial charge in [-0.25, -0.2) is 0 Å². The first-order valence-corrected chi connectivity index (χ1v) is 7.18. The molecule has 0 radical (unpaired) electrons. The van der Waals surface area contributed by atoms with Crippen LogP contribution in [0, 0.1) is 0 Å². The minimum atomic E-state index is -0.0442. The van der Waals surface area contributed by atoms with Crippen molar-refractivity contribution in [3.05, 3.63) is 24.0 Å². The summed E-state index contributed by atoms with van der Waals surface area (Å²) in [4.78, 5) is 18.5.